The third-order valence-corrected chi connectivity index (χ3v) is 14.2. The van der Waals surface area contributed by atoms with Crippen LogP contribution in [0.4, 0.5) is 4.79 Å². The highest BCUT2D eigenvalue weighted by Crippen LogP contribution is 2.58. The molecule has 7 heterocycles. The fourth-order valence-corrected chi connectivity index (χ4v) is 11.0. The van der Waals surface area contributed by atoms with E-state index in [2.05, 4.69) is 5.32 Å². The maximum atomic E-state index is 13.4. The van der Waals surface area contributed by atoms with E-state index in [-0.39, 0.29) is 85.2 Å². The lowest BCUT2D eigenvalue weighted by Crippen LogP contribution is -2.63. The summed E-state index contributed by atoms with van der Waals surface area (Å²) >= 11 is 0. The first-order valence-electron chi connectivity index (χ1n) is 22.5. The Kier molecular flexibility index (Phi) is 13.0. The zero-order valence-corrected chi connectivity index (χ0v) is 38.6. The molecule has 374 valence electrons. The first kappa shape index (κ1) is 48.3. The first-order valence-corrected chi connectivity index (χ1v) is 22.5. The summed E-state index contributed by atoms with van der Waals surface area (Å²) < 4.78 is 62.3. The molecule has 2 aliphatic carbocycles. The highest BCUT2D eigenvalue weighted by molar-refractivity contribution is 6.25. The van der Waals surface area contributed by atoms with Crippen LogP contribution in [0.5, 0.6) is 28.7 Å². The lowest BCUT2D eigenvalue weighted by atomic mass is 9.66. The number of amides is 1. The van der Waals surface area contributed by atoms with Crippen molar-refractivity contribution in [1.82, 2.24) is 10.2 Å². The van der Waals surface area contributed by atoms with Crippen molar-refractivity contribution in [2.45, 2.75) is 87.6 Å². The van der Waals surface area contributed by atoms with Crippen molar-refractivity contribution < 1.29 is 91.7 Å². The summed E-state index contributed by atoms with van der Waals surface area (Å²) in [5.74, 6) is -2.36. The topological polar surface area (TPSA) is 328 Å². The molecule has 14 atom stereocenters. The molecule has 69 heavy (non-hydrogen) atoms. The molecule has 1 amide bonds. The maximum absolute atomic E-state index is 13.4. The van der Waals surface area contributed by atoms with Gasteiger partial charge < -0.3 is 94.2 Å². The number of carbonyl (C=O) groups excluding carboxylic acids is 4. The third-order valence-electron chi connectivity index (χ3n) is 14.2. The Balaban J connectivity index is 0.000000185. The van der Waals surface area contributed by atoms with Crippen molar-refractivity contribution in [3.63, 3.8) is 0 Å². The number of phenols is 1. The number of hydrogen-bond donors (Lipinski definition) is 7. The lowest BCUT2D eigenvalue weighted by Gasteiger charge is -2.47. The number of ether oxygens (including phenoxy) is 11. The Morgan fingerprint density at radius 1 is 0.957 bits per heavy atom. The van der Waals surface area contributed by atoms with Crippen molar-refractivity contribution >= 4 is 23.6 Å². The van der Waals surface area contributed by atoms with Crippen molar-refractivity contribution in [1.29, 1.82) is 0 Å². The Bertz CT molecular complexity index is 2460. The van der Waals surface area contributed by atoms with Crippen LogP contribution in [0.2, 0.25) is 0 Å². The number of Topliss-reactive ketones (excluding diaryl/α,β-unsaturated/α-hetero) is 2. The van der Waals surface area contributed by atoms with Crippen molar-refractivity contribution in [3.8, 4) is 28.7 Å². The number of carbonyl (C=O) groups is 4. The summed E-state index contributed by atoms with van der Waals surface area (Å²) in [6.45, 7) is 5.78. The number of nitrogens with one attached hydrogen (secondary N) is 1. The molecule has 9 aliphatic rings. The highest BCUT2D eigenvalue weighted by atomic mass is 16.8. The predicted molar refractivity (Wildman–Crippen MR) is 231 cm³/mol. The number of allylic oxidation sites excluding steroid dienone is 2. The SMILES string of the molecule is CCO.CO[C@@]12[C@H](COC(N)=O)C3=C(C(=O)C(C)=C(N)C3=O)N1C[C@@H]1N[C@@H]12.COc1cc([C@@H]2c3cc4c(cc3C(O[C@@H]3O[C@@H]5CO[C@@H](C)O[C@H]5[C@H](O)[C@H]3O)C3COC(=O)[C@@H]32)OCO4)cc(OC)c1O. The second-order valence-electron chi connectivity index (χ2n) is 17.8. The van der Waals surface area contributed by atoms with Crippen LogP contribution >= 0.6 is 0 Å². The molecule has 0 radical (unpaired) electrons. The smallest absolute Gasteiger partial charge is 0.404 e. The number of methoxy groups -OCH3 is 3. The van der Waals surface area contributed by atoms with Gasteiger partial charge in [0.15, 0.2) is 41.3 Å². The van der Waals surface area contributed by atoms with Gasteiger partial charge in [0.1, 0.15) is 31.0 Å². The van der Waals surface area contributed by atoms with Gasteiger partial charge in [-0.15, -0.1) is 0 Å². The average molecular weight is 969 g/mol. The zero-order valence-electron chi connectivity index (χ0n) is 38.6. The van der Waals surface area contributed by atoms with Gasteiger partial charge in [-0.1, -0.05) is 0 Å². The molecule has 0 spiro atoms. The number of aliphatic hydroxyl groups is 3. The minimum Gasteiger partial charge on any atom is -0.502 e. The summed E-state index contributed by atoms with van der Waals surface area (Å²) in [7, 11) is 4.38. The Hall–Kier alpha value is -5.76. The molecule has 23 nitrogen and oxygen atoms in total. The second-order valence-corrected chi connectivity index (χ2v) is 17.8. The van der Waals surface area contributed by atoms with Gasteiger partial charge >= 0.3 is 12.1 Å². The summed E-state index contributed by atoms with van der Waals surface area (Å²) in [5, 5.41) is 43.4. The summed E-state index contributed by atoms with van der Waals surface area (Å²) in [6, 6.07) is 7.04. The van der Waals surface area contributed by atoms with E-state index in [1.165, 1.54) is 28.3 Å². The van der Waals surface area contributed by atoms with Crippen LogP contribution in [-0.2, 0) is 47.5 Å². The minimum absolute atomic E-state index is 0.0301. The second kappa shape index (κ2) is 18.5. The largest absolute Gasteiger partial charge is 0.502 e. The van der Waals surface area contributed by atoms with Crippen LogP contribution in [0.3, 0.4) is 0 Å². The van der Waals surface area contributed by atoms with Crippen molar-refractivity contribution in [2.75, 3.05) is 61.1 Å². The molecule has 2 unspecified atom stereocenters. The molecular weight excluding hydrogens is 913 g/mol. The number of esters is 1. The number of ketones is 2. The summed E-state index contributed by atoms with van der Waals surface area (Å²) in [4.78, 5) is 51.8. The number of nitrogens with zero attached hydrogens (tertiary/aromatic N) is 1. The van der Waals surface area contributed by atoms with E-state index >= 15 is 0 Å². The molecule has 0 aromatic heterocycles. The molecule has 2 aromatic carbocycles. The zero-order chi connectivity index (χ0) is 49.4. The number of hydrogen-bond acceptors (Lipinski definition) is 22. The Morgan fingerprint density at radius 3 is 2.26 bits per heavy atom. The molecule has 0 bridgehead atoms. The van der Waals surface area contributed by atoms with Gasteiger partial charge in [0.05, 0.1) is 62.8 Å². The normalized spacial score (nSPS) is 35.2. The molecular formula is C46H56N4O19. The van der Waals surface area contributed by atoms with Gasteiger partial charge in [0.25, 0.3) is 0 Å². The Labute approximate surface area is 395 Å². The predicted octanol–water partition coefficient (Wildman–Crippen LogP) is -0.314. The number of fused-ring (bicyclic) bond motifs is 8. The Morgan fingerprint density at radius 2 is 1.62 bits per heavy atom. The van der Waals surface area contributed by atoms with E-state index in [0.29, 0.717) is 40.4 Å². The van der Waals surface area contributed by atoms with Crippen molar-refractivity contribution in [3.05, 3.63) is 63.5 Å². The fourth-order valence-electron chi connectivity index (χ4n) is 11.0. The quantitative estimate of drug-likeness (QED) is 0.101. The number of primary amides is 1. The maximum Gasteiger partial charge on any atom is 0.404 e. The minimum atomic E-state index is -1.44. The van der Waals surface area contributed by atoms with E-state index < -0.39 is 90.3 Å². The molecule has 0 saturated carbocycles. The summed E-state index contributed by atoms with van der Waals surface area (Å²) in [5.41, 5.74) is 12.7. The van der Waals surface area contributed by atoms with Gasteiger partial charge in [-0.2, -0.15) is 0 Å². The number of nitrogens with two attached hydrogens (primary N) is 2. The van der Waals surface area contributed by atoms with Crippen LogP contribution in [-0.4, -0.2) is 165 Å². The van der Waals surface area contributed by atoms with Gasteiger partial charge in [-0.3, -0.25) is 14.4 Å². The molecule has 5 saturated heterocycles. The monoisotopic (exact) mass is 968 g/mol. The molecule has 7 aliphatic heterocycles. The van der Waals surface area contributed by atoms with Crippen LogP contribution in [0, 0.1) is 17.8 Å². The van der Waals surface area contributed by atoms with E-state index in [1.807, 2.05) is 4.90 Å². The van der Waals surface area contributed by atoms with Gasteiger partial charge in [-0.25, -0.2) is 4.79 Å². The van der Waals surface area contributed by atoms with E-state index in [9.17, 15) is 34.5 Å². The molecule has 5 fully saturated rings. The van der Waals surface area contributed by atoms with E-state index in [1.54, 1.807) is 38.1 Å². The standard InChI is InChI=1S/C29H32O13.C15H18N4O5.C2H6O/c1-11-36-9-20-27(40-11)24(31)25(32)29(41-20)42-26-14-7-17-16(38-10-39-17)6-13(14)21(22-15(26)8-37-28(22)33)12-4-18(34-2)23(30)19(5-12)35-3;1-5-9(16)12(21)8-6(4-24-14(17)22)15(23-2)13-7(18-13)3-19(15)10(8)11(5)20;1-2-3/h4-7,11,15,20-22,24-27,29-32H,8-10H2,1-3H3;6-7,13,18H,3-4,16H2,1-2H3,(H2,17,22);3H,2H2,1H3/t11-,15?,20-,21-,22+,24-,25-,26?,27-,29+;6-,7+,13+,15-;/m11./s1. The average Bonchev–Trinajstić information content (AvgIpc) is 3.57. The number of rotatable bonds is 8. The fraction of sp³-hybridized carbons (Fsp3) is 0.565. The van der Waals surface area contributed by atoms with E-state index in [4.69, 9.17) is 68.7 Å². The molecule has 11 rings (SSSR count). The number of cyclic esters (lactones) is 1. The lowest BCUT2D eigenvalue weighted by molar-refractivity contribution is -0.364. The van der Waals surface area contributed by atoms with Crippen LogP contribution in [0.25, 0.3) is 0 Å². The molecule has 23 heteroatoms. The van der Waals surface area contributed by atoms with E-state index in [0.717, 1.165) is 0 Å². The summed E-state index contributed by atoms with van der Waals surface area (Å²) in [6.07, 6.45) is -7.75. The number of aromatic hydroxyl groups is 1. The molecule has 9 N–H and O–H groups in total. The van der Waals surface area contributed by atoms with Crippen LogP contribution in [0.1, 0.15) is 49.5 Å². The van der Waals surface area contributed by atoms with Crippen LogP contribution < -0.4 is 35.7 Å². The number of piperazine rings is 1. The van der Waals surface area contributed by atoms with Gasteiger partial charge in [0.2, 0.25) is 24.1 Å². The third kappa shape index (κ3) is 7.79. The van der Waals surface area contributed by atoms with Crippen LogP contribution in [0.15, 0.2) is 46.8 Å². The molecule has 2 aromatic rings. The van der Waals surface area contributed by atoms with Gasteiger partial charge in [-0.05, 0) is 61.7 Å². The number of aliphatic hydroxyl groups excluding tert-OH is 3. The number of benzene rings is 2. The number of phenolic OH excluding ortho intramolecular Hbond substituents is 1. The highest BCUT2D eigenvalue weighted by Gasteiger charge is 2.72. The van der Waals surface area contributed by atoms with Gasteiger partial charge in [0, 0.05) is 49.3 Å². The van der Waals surface area contributed by atoms with Crippen molar-refractivity contribution in [2.24, 2.45) is 29.2 Å². The first-order chi connectivity index (χ1) is 33.0.